The summed E-state index contributed by atoms with van der Waals surface area (Å²) in [5.41, 5.74) is 2.53. The van der Waals surface area contributed by atoms with Crippen molar-refractivity contribution in [2.24, 2.45) is 20.6 Å². The van der Waals surface area contributed by atoms with Gasteiger partial charge in [-0.05, 0) is 93.2 Å². The van der Waals surface area contributed by atoms with Crippen molar-refractivity contribution in [3.63, 3.8) is 0 Å². The van der Waals surface area contributed by atoms with E-state index in [1.165, 1.54) is 19.4 Å². The molecule has 0 aliphatic rings. The van der Waals surface area contributed by atoms with Crippen molar-refractivity contribution in [3.05, 3.63) is 34.9 Å². The van der Waals surface area contributed by atoms with E-state index in [2.05, 4.69) is 20.6 Å². The van der Waals surface area contributed by atoms with Gasteiger partial charge in [0.15, 0.2) is 5.78 Å². The Morgan fingerprint density at radius 1 is 0.595 bits per heavy atom. The maximum Gasteiger partial charge on any atom is 0.303 e. The normalized spacial score (nSPS) is 11.8. The molecule has 0 saturated carbocycles. The molecule has 0 aliphatic heterocycles. The first kappa shape index (κ1) is 35.7. The molecule has 0 saturated heterocycles. The fraction of sp³-hybridized carbons (Fsp3) is 0.552. The average molecular weight is 591 g/mol. The van der Waals surface area contributed by atoms with E-state index in [4.69, 9.17) is 29.6 Å². The van der Waals surface area contributed by atoms with Crippen LogP contribution in [0, 0.1) is 0 Å². The Labute approximate surface area is 246 Å². The molecule has 0 spiro atoms. The van der Waals surface area contributed by atoms with Crippen molar-refractivity contribution >= 4 is 42.1 Å². The summed E-state index contributed by atoms with van der Waals surface area (Å²) in [6.45, 7) is 4.60. The fourth-order valence-electron chi connectivity index (χ4n) is 3.16. The smallest absolute Gasteiger partial charge is 0.303 e. The van der Waals surface area contributed by atoms with Crippen LogP contribution in [0.3, 0.4) is 0 Å². The Bertz CT molecular complexity index is 1020. The SMILES string of the molecule is CC(=O)/C(C)=N/OCCCCCCO/N=C/c1cc(/C=N\OCCCCC(=O)O)cc(/C=N/OCCCCC(=O)O)c1. The van der Waals surface area contributed by atoms with E-state index < -0.39 is 11.9 Å². The lowest BCUT2D eigenvalue weighted by Crippen LogP contribution is -2.05. The van der Waals surface area contributed by atoms with Crippen molar-refractivity contribution < 1.29 is 43.9 Å². The third kappa shape index (κ3) is 20.6. The van der Waals surface area contributed by atoms with Gasteiger partial charge in [0.2, 0.25) is 0 Å². The maximum atomic E-state index is 11.1. The van der Waals surface area contributed by atoms with E-state index in [0.717, 1.165) is 42.4 Å². The van der Waals surface area contributed by atoms with Gasteiger partial charge in [-0.1, -0.05) is 20.6 Å². The lowest BCUT2D eigenvalue weighted by Gasteiger charge is -2.03. The first-order valence-corrected chi connectivity index (χ1v) is 14.0. The van der Waals surface area contributed by atoms with Gasteiger partial charge in [-0.2, -0.15) is 0 Å². The van der Waals surface area contributed by atoms with Crippen LogP contribution in [0.25, 0.3) is 0 Å². The second kappa shape index (κ2) is 23.4. The zero-order valence-electron chi connectivity index (χ0n) is 24.4. The summed E-state index contributed by atoms with van der Waals surface area (Å²) >= 11 is 0. The number of hydrogen-bond donors (Lipinski definition) is 2. The first-order valence-electron chi connectivity index (χ1n) is 14.0. The van der Waals surface area contributed by atoms with Crippen LogP contribution >= 0.6 is 0 Å². The number of rotatable bonds is 25. The largest absolute Gasteiger partial charge is 0.481 e. The Morgan fingerprint density at radius 3 is 1.31 bits per heavy atom. The number of hydrogen-bond acceptors (Lipinski definition) is 11. The summed E-state index contributed by atoms with van der Waals surface area (Å²) in [7, 11) is 0. The first-order chi connectivity index (χ1) is 20.3. The molecule has 1 aromatic rings. The average Bonchev–Trinajstić information content (AvgIpc) is 2.94. The maximum absolute atomic E-state index is 11.1. The number of carboxylic acids is 2. The zero-order valence-corrected chi connectivity index (χ0v) is 24.4. The highest BCUT2D eigenvalue weighted by Gasteiger charge is 2.01. The van der Waals surface area contributed by atoms with E-state index >= 15 is 0 Å². The van der Waals surface area contributed by atoms with Crippen LogP contribution in [-0.2, 0) is 33.7 Å². The number of ketones is 1. The van der Waals surface area contributed by atoms with Crippen molar-refractivity contribution in [1.82, 2.24) is 0 Å². The number of unbranched alkanes of at least 4 members (excludes halogenated alkanes) is 5. The minimum atomic E-state index is -0.839. The lowest BCUT2D eigenvalue weighted by atomic mass is 10.1. The summed E-state index contributed by atoms with van der Waals surface area (Å²) < 4.78 is 0. The van der Waals surface area contributed by atoms with E-state index in [-0.39, 0.29) is 18.6 Å². The predicted molar refractivity (Wildman–Crippen MR) is 158 cm³/mol. The second-order valence-corrected chi connectivity index (χ2v) is 9.32. The highest BCUT2D eigenvalue weighted by molar-refractivity contribution is 6.37. The summed E-state index contributed by atoms with van der Waals surface area (Å²) in [4.78, 5) is 53.2. The summed E-state index contributed by atoms with van der Waals surface area (Å²) in [5.74, 6) is -1.79. The number of oxime groups is 4. The summed E-state index contributed by atoms with van der Waals surface area (Å²) in [6.07, 6.45) is 10.6. The monoisotopic (exact) mass is 590 g/mol. The molecule has 0 radical (unpaired) electrons. The van der Waals surface area contributed by atoms with Crippen LogP contribution in [0.1, 0.15) is 94.7 Å². The molecule has 1 aromatic carbocycles. The van der Waals surface area contributed by atoms with Crippen molar-refractivity contribution in [3.8, 4) is 0 Å². The van der Waals surface area contributed by atoms with Crippen LogP contribution in [0.4, 0.5) is 0 Å². The molecule has 0 heterocycles. The van der Waals surface area contributed by atoms with E-state index in [0.29, 0.717) is 57.8 Å². The van der Waals surface area contributed by atoms with Crippen molar-refractivity contribution in [2.45, 2.75) is 78.1 Å². The van der Waals surface area contributed by atoms with Crippen LogP contribution in [0.2, 0.25) is 0 Å². The van der Waals surface area contributed by atoms with Gasteiger partial charge in [-0.15, -0.1) is 0 Å². The Hall–Kier alpha value is -4.29. The molecule has 13 nitrogen and oxygen atoms in total. The van der Waals surface area contributed by atoms with E-state index in [1.807, 2.05) is 18.2 Å². The van der Waals surface area contributed by atoms with Gasteiger partial charge in [0.1, 0.15) is 32.1 Å². The molecule has 2 N–H and O–H groups in total. The molecule has 0 unspecified atom stereocenters. The number of carboxylic acid groups (broad SMARTS) is 2. The number of aliphatic carboxylic acids is 2. The molecule has 0 aromatic heterocycles. The van der Waals surface area contributed by atoms with Gasteiger partial charge < -0.3 is 29.6 Å². The summed E-state index contributed by atoms with van der Waals surface area (Å²) in [5, 5.41) is 33.1. The van der Waals surface area contributed by atoms with Gasteiger partial charge in [0.25, 0.3) is 0 Å². The minimum absolute atomic E-state index is 0.0915. The Morgan fingerprint density at radius 2 is 0.952 bits per heavy atom. The molecule has 13 heteroatoms. The van der Waals surface area contributed by atoms with E-state index in [9.17, 15) is 14.4 Å². The molecular formula is C29H42N4O9. The number of benzene rings is 1. The Balaban J connectivity index is 2.54. The highest BCUT2D eigenvalue weighted by atomic mass is 16.6. The van der Waals surface area contributed by atoms with Crippen LogP contribution < -0.4 is 0 Å². The number of Topliss-reactive ketones (excluding diaryl/α,β-unsaturated/α-hetero) is 1. The highest BCUT2D eigenvalue weighted by Crippen LogP contribution is 2.08. The third-order valence-electron chi connectivity index (χ3n) is 5.51. The van der Waals surface area contributed by atoms with Crippen molar-refractivity contribution in [1.29, 1.82) is 0 Å². The number of carbonyl (C=O) groups excluding carboxylic acids is 1. The minimum Gasteiger partial charge on any atom is -0.481 e. The predicted octanol–water partition coefficient (Wildman–Crippen LogP) is 4.79. The molecule has 0 atom stereocenters. The van der Waals surface area contributed by atoms with Crippen LogP contribution in [0.15, 0.2) is 38.8 Å². The van der Waals surface area contributed by atoms with Gasteiger partial charge in [0, 0.05) is 19.8 Å². The van der Waals surface area contributed by atoms with Gasteiger partial charge in [0.05, 0.1) is 18.6 Å². The van der Waals surface area contributed by atoms with Gasteiger partial charge in [-0.3, -0.25) is 14.4 Å². The molecule has 0 amide bonds. The molecule has 0 bridgehead atoms. The third-order valence-corrected chi connectivity index (χ3v) is 5.51. The molecule has 232 valence electrons. The summed E-state index contributed by atoms with van der Waals surface area (Å²) in [6, 6.07) is 5.50. The standard InChI is InChI=1S/C29H42N4O9/c1-23(24(2)34)33-42-16-8-4-3-7-13-39-30-20-25-17-26(21-31-40-14-9-5-11-28(35)36)19-27(18-25)22-32-41-15-10-6-12-29(37)38/h17-22H,3-16H2,1-2H3,(H,35,36)(H,37,38)/b30-20+,31-21-,32-22+,33-23+. The topological polar surface area (TPSA) is 178 Å². The van der Waals surface area contributed by atoms with Crippen LogP contribution in [0.5, 0.6) is 0 Å². The number of nitrogens with zero attached hydrogens (tertiary/aromatic N) is 4. The lowest BCUT2D eigenvalue weighted by molar-refractivity contribution is -0.138. The van der Waals surface area contributed by atoms with Gasteiger partial charge >= 0.3 is 11.9 Å². The van der Waals surface area contributed by atoms with E-state index in [1.54, 1.807) is 13.1 Å². The Kier molecular flexibility index (Phi) is 19.9. The van der Waals surface area contributed by atoms with Crippen molar-refractivity contribution in [2.75, 3.05) is 26.4 Å². The molecule has 1 rings (SSSR count). The quantitative estimate of drug-likeness (QED) is 0.0920. The zero-order chi connectivity index (χ0) is 30.8. The molecule has 0 fully saturated rings. The van der Waals surface area contributed by atoms with Crippen LogP contribution in [-0.4, -0.2) is 78.7 Å². The molecule has 0 aliphatic carbocycles. The molecule has 42 heavy (non-hydrogen) atoms. The molecular weight excluding hydrogens is 548 g/mol. The fourth-order valence-corrected chi connectivity index (χ4v) is 3.16. The van der Waals surface area contributed by atoms with Gasteiger partial charge in [-0.25, -0.2) is 0 Å². The second-order valence-electron chi connectivity index (χ2n) is 9.32. The number of carbonyl (C=O) groups is 3.